The monoisotopic (exact) mass is 422 g/mol. The fourth-order valence-corrected chi connectivity index (χ4v) is 4.48. The van der Waals surface area contributed by atoms with Crippen LogP contribution in [0.4, 0.5) is 5.69 Å². The Morgan fingerprint density at radius 1 is 1.00 bits per heavy atom. The van der Waals surface area contributed by atoms with Gasteiger partial charge in [-0.25, -0.2) is 8.42 Å². The first-order chi connectivity index (χ1) is 14.4. The van der Waals surface area contributed by atoms with Crippen molar-refractivity contribution in [1.82, 2.24) is 5.32 Å². The second-order valence-electron chi connectivity index (χ2n) is 7.20. The lowest BCUT2D eigenvalue weighted by atomic mass is 10.00. The average Bonchev–Trinajstić information content (AvgIpc) is 2.75. The summed E-state index contributed by atoms with van der Waals surface area (Å²) in [5.41, 5.74) is 2.70. The third-order valence-corrected chi connectivity index (χ3v) is 6.35. The molecule has 154 valence electrons. The van der Waals surface area contributed by atoms with Gasteiger partial charge in [0.2, 0.25) is 0 Å². The number of rotatable bonds is 5. The molecule has 2 N–H and O–H groups in total. The minimum absolute atomic E-state index is 0.0307. The number of benzene rings is 3. The van der Waals surface area contributed by atoms with Gasteiger partial charge in [-0.15, -0.1) is 0 Å². The molecule has 0 saturated heterocycles. The van der Waals surface area contributed by atoms with Gasteiger partial charge < -0.3 is 10.1 Å². The topological polar surface area (TPSA) is 84.5 Å². The van der Waals surface area contributed by atoms with Crippen LogP contribution in [0.25, 0.3) is 0 Å². The van der Waals surface area contributed by atoms with E-state index < -0.39 is 10.0 Å². The van der Waals surface area contributed by atoms with Crippen LogP contribution in [0.15, 0.2) is 77.7 Å². The standard InChI is InChI=1S/C23H22N2O4S/c1-16-9-11-18(12-10-16)25-30(27,28)19-6-4-5-17(15-19)23(26)24-21-13-14-29-22-8-3-2-7-20(21)22/h2-12,15,21,25H,13-14H2,1H3,(H,24,26)/t21-/m0/s1. The molecular weight excluding hydrogens is 400 g/mol. The number of hydrogen-bond acceptors (Lipinski definition) is 4. The van der Waals surface area contributed by atoms with Gasteiger partial charge in [0.15, 0.2) is 0 Å². The Labute approximate surface area is 176 Å². The highest BCUT2D eigenvalue weighted by atomic mass is 32.2. The largest absolute Gasteiger partial charge is 0.493 e. The van der Waals surface area contributed by atoms with E-state index in [4.69, 9.17) is 4.74 Å². The van der Waals surface area contributed by atoms with E-state index in [1.54, 1.807) is 24.3 Å². The molecule has 30 heavy (non-hydrogen) atoms. The van der Waals surface area contributed by atoms with Crippen LogP contribution in [0.5, 0.6) is 5.75 Å². The van der Waals surface area contributed by atoms with E-state index in [-0.39, 0.29) is 22.4 Å². The molecule has 0 spiro atoms. The van der Waals surface area contributed by atoms with Crippen molar-refractivity contribution in [3.63, 3.8) is 0 Å². The molecule has 7 heteroatoms. The van der Waals surface area contributed by atoms with Crippen molar-refractivity contribution < 1.29 is 17.9 Å². The van der Waals surface area contributed by atoms with E-state index in [0.717, 1.165) is 16.9 Å². The lowest BCUT2D eigenvalue weighted by molar-refractivity contribution is 0.0924. The third kappa shape index (κ3) is 4.31. The molecule has 0 radical (unpaired) electrons. The van der Waals surface area contributed by atoms with Gasteiger partial charge in [0.05, 0.1) is 17.5 Å². The number of para-hydroxylation sites is 1. The second-order valence-corrected chi connectivity index (χ2v) is 8.88. The number of ether oxygens (including phenoxy) is 1. The van der Waals surface area contributed by atoms with Crippen molar-refractivity contribution in [1.29, 1.82) is 0 Å². The fraction of sp³-hybridized carbons (Fsp3) is 0.174. The normalized spacial score (nSPS) is 15.6. The van der Waals surface area contributed by atoms with Crippen molar-refractivity contribution in [3.8, 4) is 5.75 Å². The predicted octanol–water partition coefficient (Wildman–Crippen LogP) is 4.05. The van der Waals surface area contributed by atoms with Crippen molar-refractivity contribution >= 4 is 21.6 Å². The molecule has 3 aromatic carbocycles. The number of nitrogens with one attached hydrogen (secondary N) is 2. The zero-order valence-corrected chi connectivity index (χ0v) is 17.3. The van der Waals surface area contributed by atoms with Crippen molar-refractivity contribution in [2.24, 2.45) is 0 Å². The average molecular weight is 423 g/mol. The summed E-state index contributed by atoms with van der Waals surface area (Å²) in [6, 6.07) is 20.5. The van der Waals surface area contributed by atoms with E-state index in [9.17, 15) is 13.2 Å². The third-order valence-electron chi connectivity index (χ3n) is 4.97. The molecule has 1 amide bonds. The van der Waals surface area contributed by atoms with Gasteiger partial charge in [-0.2, -0.15) is 0 Å². The van der Waals surface area contributed by atoms with Gasteiger partial charge in [0.25, 0.3) is 15.9 Å². The Kier molecular flexibility index (Phi) is 5.46. The summed E-state index contributed by atoms with van der Waals surface area (Å²) in [6.07, 6.45) is 0.649. The summed E-state index contributed by atoms with van der Waals surface area (Å²) in [5.74, 6) is 0.428. The van der Waals surface area contributed by atoms with Gasteiger partial charge in [0.1, 0.15) is 5.75 Å². The minimum Gasteiger partial charge on any atom is -0.493 e. The highest BCUT2D eigenvalue weighted by molar-refractivity contribution is 7.92. The quantitative estimate of drug-likeness (QED) is 0.650. The fourth-order valence-electron chi connectivity index (χ4n) is 3.37. The molecule has 0 unspecified atom stereocenters. The van der Waals surface area contributed by atoms with Crippen molar-refractivity contribution in [2.75, 3.05) is 11.3 Å². The van der Waals surface area contributed by atoms with Crippen molar-refractivity contribution in [2.45, 2.75) is 24.3 Å². The molecule has 0 aromatic heterocycles. The summed E-state index contributed by atoms with van der Waals surface area (Å²) in [6.45, 7) is 2.44. The molecule has 0 bridgehead atoms. The first-order valence-electron chi connectivity index (χ1n) is 9.64. The van der Waals surface area contributed by atoms with Crippen LogP contribution in [-0.4, -0.2) is 20.9 Å². The van der Waals surface area contributed by atoms with E-state index in [1.807, 2.05) is 43.3 Å². The maximum Gasteiger partial charge on any atom is 0.261 e. The number of carbonyl (C=O) groups excluding carboxylic acids is 1. The molecule has 0 saturated carbocycles. The number of sulfonamides is 1. The Hall–Kier alpha value is -3.32. The van der Waals surface area contributed by atoms with Gasteiger partial charge in [0, 0.05) is 23.2 Å². The summed E-state index contributed by atoms with van der Waals surface area (Å²) < 4.78 is 33.7. The Balaban J connectivity index is 1.53. The summed E-state index contributed by atoms with van der Waals surface area (Å²) in [5, 5.41) is 2.99. The molecule has 1 atom stereocenters. The van der Waals surface area contributed by atoms with Crippen LogP contribution in [-0.2, 0) is 10.0 Å². The zero-order chi connectivity index (χ0) is 21.1. The first kappa shape index (κ1) is 20.0. The van der Waals surface area contributed by atoms with Crippen LogP contribution >= 0.6 is 0 Å². The highest BCUT2D eigenvalue weighted by Gasteiger charge is 2.24. The van der Waals surface area contributed by atoms with E-state index >= 15 is 0 Å². The minimum atomic E-state index is -3.81. The van der Waals surface area contributed by atoms with Crippen LogP contribution in [0, 0.1) is 6.92 Å². The highest BCUT2D eigenvalue weighted by Crippen LogP contribution is 2.31. The zero-order valence-electron chi connectivity index (χ0n) is 16.5. The van der Waals surface area contributed by atoms with Crippen LogP contribution < -0.4 is 14.8 Å². The smallest absolute Gasteiger partial charge is 0.261 e. The lowest BCUT2D eigenvalue weighted by Crippen LogP contribution is -2.32. The molecule has 0 aliphatic carbocycles. The molecule has 3 aromatic rings. The number of anilines is 1. The lowest BCUT2D eigenvalue weighted by Gasteiger charge is -2.26. The molecule has 0 fully saturated rings. The Morgan fingerprint density at radius 2 is 1.77 bits per heavy atom. The van der Waals surface area contributed by atoms with Gasteiger partial charge >= 0.3 is 0 Å². The number of fused-ring (bicyclic) bond motifs is 1. The second kappa shape index (κ2) is 8.20. The number of amides is 1. The molecule has 1 heterocycles. The Morgan fingerprint density at radius 3 is 2.57 bits per heavy atom. The van der Waals surface area contributed by atoms with E-state index in [0.29, 0.717) is 18.7 Å². The molecule has 1 aliphatic rings. The first-order valence-corrected chi connectivity index (χ1v) is 11.1. The maximum absolute atomic E-state index is 12.8. The van der Waals surface area contributed by atoms with Crippen LogP contribution in [0.3, 0.4) is 0 Å². The number of carbonyl (C=O) groups is 1. The SMILES string of the molecule is Cc1ccc(NS(=O)(=O)c2cccc(C(=O)N[C@H]3CCOc4ccccc43)c2)cc1. The van der Waals surface area contributed by atoms with Crippen LogP contribution in [0.1, 0.15) is 33.9 Å². The molecule has 1 aliphatic heterocycles. The van der Waals surface area contributed by atoms with E-state index in [1.165, 1.54) is 12.1 Å². The molecule has 4 rings (SSSR count). The van der Waals surface area contributed by atoms with Gasteiger partial charge in [-0.3, -0.25) is 9.52 Å². The number of hydrogen-bond donors (Lipinski definition) is 2. The molecule has 6 nitrogen and oxygen atoms in total. The van der Waals surface area contributed by atoms with Crippen LogP contribution in [0.2, 0.25) is 0 Å². The predicted molar refractivity (Wildman–Crippen MR) is 115 cm³/mol. The maximum atomic E-state index is 12.8. The molecular formula is C23H22N2O4S. The number of aryl methyl sites for hydroxylation is 1. The summed E-state index contributed by atoms with van der Waals surface area (Å²) in [4.78, 5) is 12.9. The van der Waals surface area contributed by atoms with E-state index in [2.05, 4.69) is 10.0 Å². The summed E-state index contributed by atoms with van der Waals surface area (Å²) in [7, 11) is -3.81. The van der Waals surface area contributed by atoms with Gasteiger partial charge in [-0.1, -0.05) is 42.0 Å². The Bertz CT molecular complexity index is 1170. The summed E-state index contributed by atoms with van der Waals surface area (Å²) >= 11 is 0. The van der Waals surface area contributed by atoms with Gasteiger partial charge in [-0.05, 0) is 43.3 Å². The van der Waals surface area contributed by atoms with Crippen molar-refractivity contribution in [3.05, 3.63) is 89.5 Å².